The highest BCUT2D eigenvalue weighted by molar-refractivity contribution is 5.78. The third-order valence-corrected chi connectivity index (χ3v) is 6.83. The number of nitrogens with one attached hydrogen (secondary N) is 1. The van der Waals surface area contributed by atoms with Gasteiger partial charge in [0.1, 0.15) is 0 Å². The third-order valence-electron chi connectivity index (χ3n) is 6.83. The Kier molecular flexibility index (Phi) is 6.81. The highest BCUT2D eigenvalue weighted by Crippen LogP contribution is 2.36. The number of aromatic nitrogens is 4. The standard InChI is InChI=1S/C27H34N6O2/c1-18(2)35-23-16-33(17-23)26(34)13-20-7-5-4-6-19-12-21(8-9-24(19)20)25-10-11-28-27(31-25)30-22-14-29-32(3)15-22/h8-12,14-15,18,20,23H,4-7,13,16-17H2,1-3H3,(H,28,30,31). The van der Waals surface area contributed by atoms with Crippen molar-refractivity contribution in [2.75, 3.05) is 18.4 Å². The van der Waals surface area contributed by atoms with Crippen LogP contribution in [0.2, 0.25) is 0 Å². The SMILES string of the molecule is CC(C)OC1CN(C(=O)CC2CCCCc3cc(-c4ccnc(Nc5cnn(C)c5)n4)ccc32)C1. The Morgan fingerprint density at radius 3 is 2.86 bits per heavy atom. The van der Waals surface area contributed by atoms with Crippen LogP contribution in [0.15, 0.2) is 42.9 Å². The van der Waals surface area contributed by atoms with Gasteiger partial charge in [-0.1, -0.05) is 18.6 Å². The van der Waals surface area contributed by atoms with Gasteiger partial charge in [0, 0.05) is 44.5 Å². The first kappa shape index (κ1) is 23.5. The van der Waals surface area contributed by atoms with E-state index < -0.39 is 0 Å². The Labute approximate surface area is 206 Å². The minimum Gasteiger partial charge on any atom is -0.372 e. The van der Waals surface area contributed by atoms with E-state index in [0.29, 0.717) is 12.4 Å². The lowest BCUT2D eigenvalue weighted by molar-refractivity contribution is -0.148. The zero-order valence-electron chi connectivity index (χ0n) is 20.8. The lowest BCUT2D eigenvalue weighted by Gasteiger charge is -2.40. The number of benzene rings is 1. The van der Waals surface area contributed by atoms with Crippen molar-refractivity contribution in [2.45, 2.75) is 64.1 Å². The largest absolute Gasteiger partial charge is 0.372 e. The van der Waals surface area contributed by atoms with Gasteiger partial charge in [-0.15, -0.1) is 0 Å². The molecule has 1 aliphatic carbocycles. The average molecular weight is 475 g/mol. The molecular weight excluding hydrogens is 440 g/mol. The van der Waals surface area contributed by atoms with Gasteiger partial charge in [-0.2, -0.15) is 5.10 Å². The van der Waals surface area contributed by atoms with E-state index in [9.17, 15) is 4.79 Å². The van der Waals surface area contributed by atoms with E-state index in [0.717, 1.165) is 55.7 Å². The summed E-state index contributed by atoms with van der Waals surface area (Å²) in [5.41, 5.74) is 5.45. The summed E-state index contributed by atoms with van der Waals surface area (Å²) in [5.74, 6) is 1.06. The van der Waals surface area contributed by atoms with Crippen LogP contribution < -0.4 is 5.32 Å². The van der Waals surface area contributed by atoms with Crippen LogP contribution in [-0.2, 0) is 23.0 Å². The number of nitrogens with zero attached hydrogens (tertiary/aromatic N) is 5. The summed E-state index contributed by atoms with van der Waals surface area (Å²) in [4.78, 5) is 24.0. The van der Waals surface area contributed by atoms with Gasteiger partial charge in [0.05, 0.1) is 29.8 Å². The van der Waals surface area contributed by atoms with Crippen LogP contribution in [0, 0.1) is 0 Å². The van der Waals surface area contributed by atoms with E-state index in [1.165, 1.54) is 11.1 Å². The first-order valence-corrected chi connectivity index (χ1v) is 12.6. The number of anilines is 2. The lowest BCUT2D eigenvalue weighted by atomic mass is 9.88. The van der Waals surface area contributed by atoms with E-state index in [4.69, 9.17) is 9.72 Å². The van der Waals surface area contributed by atoms with Crippen molar-refractivity contribution in [1.29, 1.82) is 0 Å². The van der Waals surface area contributed by atoms with Gasteiger partial charge in [0.25, 0.3) is 0 Å². The Morgan fingerprint density at radius 1 is 1.23 bits per heavy atom. The van der Waals surface area contributed by atoms with Crippen LogP contribution in [-0.4, -0.2) is 55.9 Å². The highest BCUT2D eigenvalue weighted by atomic mass is 16.5. The van der Waals surface area contributed by atoms with Gasteiger partial charge in [0.15, 0.2) is 0 Å². The molecule has 1 aliphatic heterocycles. The molecule has 1 fully saturated rings. The molecule has 1 N–H and O–H groups in total. The summed E-state index contributed by atoms with van der Waals surface area (Å²) in [7, 11) is 1.88. The maximum Gasteiger partial charge on any atom is 0.227 e. The van der Waals surface area contributed by atoms with E-state index in [2.05, 4.69) is 33.6 Å². The molecule has 1 atom stereocenters. The molecule has 184 valence electrons. The minimum atomic E-state index is 0.188. The zero-order valence-corrected chi connectivity index (χ0v) is 20.8. The fourth-order valence-corrected chi connectivity index (χ4v) is 5.10. The molecule has 1 unspecified atom stereocenters. The van der Waals surface area contributed by atoms with Gasteiger partial charge in [0.2, 0.25) is 11.9 Å². The molecule has 5 rings (SSSR count). The Balaban J connectivity index is 1.29. The van der Waals surface area contributed by atoms with Crippen LogP contribution in [0.1, 0.15) is 56.6 Å². The van der Waals surface area contributed by atoms with Crippen molar-refractivity contribution in [2.24, 2.45) is 7.05 Å². The number of carbonyl (C=O) groups is 1. The molecule has 2 aromatic heterocycles. The number of hydrogen-bond donors (Lipinski definition) is 1. The number of likely N-dealkylation sites (tertiary alicyclic amines) is 1. The highest BCUT2D eigenvalue weighted by Gasteiger charge is 2.33. The fraction of sp³-hybridized carbons (Fsp3) is 0.481. The first-order chi connectivity index (χ1) is 16.9. The number of hydrogen-bond acceptors (Lipinski definition) is 6. The summed E-state index contributed by atoms with van der Waals surface area (Å²) in [6, 6.07) is 8.54. The number of aryl methyl sites for hydroxylation is 2. The van der Waals surface area contributed by atoms with Gasteiger partial charge in [-0.25, -0.2) is 9.97 Å². The average Bonchev–Trinajstić information content (AvgIpc) is 3.11. The monoisotopic (exact) mass is 474 g/mol. The normalized spacial score (nSPS) is 18.2. The number of fused-ring (bicyclic) bond motifs is 1. The molecule has 3 heterocycles. The predicted octanol–water partition coefficient (Wildman–Crippen LogP) is 4.46. The quantitative estimate of drug-likeness (QED) is 0.509. The summed E-state index contributed by atoms with van der Waals surface area (Å²) in [5, 5.41) is 7.39. The number of ether oxygens (including phenoxy) is 1. The second-order valence-corrected chi connectivity index (χ2v) is 9.96. The third kappa shape index (κ3) is 5.53. The number of rotatable bonds is 7. The summed E-state index contributed by atoms with van der Waals surface area (Å²) < 4.78 is 7.55. The van der Waals surface area contributed by atoms with Crippen molar-refractivity contribution in [3.63, 3.8) is 0 Å². The maximum atomic E-state index is 13.0. The molecule has 1 saturated heterocycles. The molecular formula is C27H34N6O2. The topological polar surface area (TPSA) is 85.2 Å². The van der Waals surface area contributed by atoms with E-state index >= 15 is 0 Å². The molecule has 8 heteroatoms. The molecule has 0 spiro atoms. The van der Waals surface area contributed by atoms with E-state index in [-0.39, 0.29) is 24.0 Å². The van der Waals surface area contributed by atoms with Crippen LogP contribution in [0.25, 0.3) is 11.3 Å². The molecule has 35 heavy (non-hydrogen) atoms. The van der Waals surface area contributed by atoms with E-state index in [1.54, 1.807) is 17.1 Å². The number of amides is 1. The molecule has 8 nitrogen and oxygen atoms in total. The van der Waals surface area contributed by atoms with Gasteiger partial charge < -0.3 is 15.0 Å². The van der Waals surface area contributed by atoms with Crippen molar-refractivity contribution in [1.82, 2.24) is 24.6 Å². The van der Waals surface area contributed by atoms with Crippen molar-refractivity contribution in [3.8, 4) is 11.3 Å². The number of carbonyl (C=O) groups excluding carboxylic acids is 1. The smallest absolute Gasteiger partial charge is 0.227 e. The van der Waals surface area contributed by atoms with Crippen molar-refractivity contribution < 1.29 is 9.53 Å². The Bertz CT molecular complexity index is 1180. The molecule has 1 aromatic carbocycles. The van der Waals surface area contributed by atoms with Crippen LogP contribution in [0.5, 0.6) is 0 Å². The second kappa shape index (κ2) is 10.2. The van der Waals surface area contributed by atoms with Crippen LogP contribution in [0.4, 0.5) is 11.6 Å². The van der Waals surface area contributed by atoms with Gasteiger partial charge in [-0.3, -0.25) is 9.48 Å². The second-order valence-electron chi connectivity index (χ2n) is 9.96. The molecule has 3 aromatic rings. The lowest BCUT2D eigenvalue weighted by Crippen LogP contribution is -2.55. The molecule has 1 amide bonds. The summed E-state index contributed by atoms with van der Waals surface area (Å²) >= 11 is 0. The predicted molar refractivity (Wildman–Crippen MR) is 135 cm³/mol. The summed E-state index contributed by atoms with van der Waals surface area (Å²) in [6.07, 6.45) is 10.8. The minimum absolute atomic E-state index is 0.188. The van der Waals surface area contributed by atoms with Crippen LogP contribution >= 0.6 is 0 Å². The fourth-order valence-electron chi connectivity index (χ4n) is 5.10. The molecule has 0 saturated carbocycles. The van der Waals surface area contributed by atoms with Crippen LogP contribution in [0.3, 0.4) is 0 Å². The zero-order chi connectivity index (χ0) is 24.4. The molecule has 0 radical (unpaired) electrons. The van der Waals surface area contributed by atoms with Crippen molar-refractivity contribution in [3.05, 3.63) is 54.0 Å². The van der Waals surface area contributed by atoms with Crippen molar-refractivity contribution >= 4 is 17.5 Å². The molecule has 2 aliphatic rings. The van der Waals surface area contributed by atoms with Gasteiger partial charge in [-0.05, 0) is 62.3 Å². The maximum absolute atomic E-state index is 13.0. The van der Waals surface area contributed by atoms with Gasteiger partial charge >= 0.3 is 0 Å². The Hall–Kier alpha value is -3.26. The van der Waals surface area contributed by atoms with E-state index in [1.807, 2.05) is 38.1 Å². The molecule has 0 bridgehead atoms. The Morgan fingerprint density at radius 2 is 2.09 bits per heavy atom. The summed E-state index contributed by atoms with van der Waals surface area (Å²) in [6.45, 7) is 5.53. The first-order valence-electron chi connectivity index (χ1n) is 12.6.